The second-order valence-corrected chi connectivity index (χ2v) is 2.43. The van der Waals surface area contributed by atoms with E-state index in [9.17, 15) is 10.1 Å². The van der Waals surface area contributed by atoms with Gasteiger partial charge in [0, 0.05) is 11.6 Å². The lowest BCUT2D eigenvalue weighted by molar-refractivity contribution is -0.385. The lowest BCUT2D eigenvalue weighted by Crippen LogP contribution is -1.94. The average molecular weight is 196 g/mol. The third-order valence-corrected chi connectivity index (χ3v) is 1.61. The van der Waals surface area contributed by atoms with Crippen LogP contribution in [0.5, 0.6) is 5.75 Å². The van der Waals surface area contributed by atoms with Crippen LogP contribution in [-0.2, 0) is 0 Å². The van der Waals surface area contributed by atoms with Crippen molar-refractivity contribution in [2.75, 3.05) is 7.11 Å². The van der Waals surface area contributed by atoms with Gasteiger partial charge in [0.15, 0.2) is 5.75 Å². The van der Waals surface area contributed by atoms with Crippen molar-refractivity contribution in [3.05, 3.63) is 33.9 Å². The molecule has 0 aliphatic heterocycles. The minimum Gasteiger partial charge on any atom is -0.490 e. The van der Waals surface area contributed by atoms with Crippen LogP contribution in [-0.4, -0.2) is 23.5 Å². The van der Waals surface area contributed by atoms with E-state index < -0.39 is 4.92 Å². The zero-order valence-corrected chi connectivity index (χ0v) is 7.38. The van der Waals surface area contributed by atoms with Gasteiger partial charge in [-0.1, -0.05) is 5.16 Å². The Kier molecular flexibility index (Phi) is 3.01. The Labute approximate surface area is 79.6 Å². The standard InChI is InChI=1S/C8H8N2O4/c1-14-8-4-6(5-9-11)2-3-7(8)10(12)13/h2-5,11H,1H3. The van der Waals surface area contributed by atoms with Crippen LogP contribution in [0.25, 0.3) is 0 Å². The molecule has 0 saturated carbocycles. The third-order valence-electron chi connectivity index (χ3n) is 1.61. The highest BCUT2D eigenvalue weighted by Gasteiger charge is 2.13. The van der Waals surface area contributed by atoms with Gasteiger partial charge in [-0.15, -0.1) is 0 Å². The summed E-state index contributed by atoms with van der Waals surface area (Å²) in [5.41, 5.74) is 0.400. The summed E-state index contributed by atoms with van der Waals surface area (Å²) in [6.07, 6.45) is 1.16. The molecule has 0 amide bonds. The molecule has 6 nitrogen and oxygen atoms in total. The second kappa shape index (κ2) is 4.22. The van der Waals surface area contributed by atoms with Crippen molar-refractivity contribution in [3.8, 4) is 5.75 Å². The lowest BCUT2D eigenvalue weighted by atomic mass is 10.2. The molecule has 1 N–H and O–H groups in total. The van der Waals surface area contributed by atoms with Crippen molar-refractivity contribution in [1.29, 1.82) is 0 Å². The summed E-state index contributed by atoms with van der Waals surface area (Å²) in [5, 5.41) is 21.6. The molecule has 6 heteroatoms. The first-order valence-corrected chi connectivity index (χ1v) is 3.69. The van der Waals surface area contributed by atoms with Crippen molar-refractivity contribution < 1.29 is 14.9 Å². The van der Waals surface area contributed by atoms with Gasteiger partial charge in [-0.2, -0.15) is 0 Å². The van der Waals surface area contributed by atoms with E-state index in [-0.39, 0.29) is 11.4 Å². The fourth-order valence-corrected chi connectivity index (χ4v) is 0.992. The van der Waals surface area contributed by atoms with E-state index in [1.807, 2.05) is 0 Å². The van der Waals surface area contributed by atoms with E-state index in [1.165, 1.54) is 25.3 Å². The molecule has 0 bridgehead atoms. The molecule has 1 aromatic carbocycles. The van der Waals surface area contributed by atoms with E-state index >= 15 is 0 Å². The zero-order chi connectivity index (χ0) is 10.6. The van der Waals surface area contributed by atoms with Gasteiger partial charge in [0.2, 0.25) is 0 Å². The van der Waals surface area contributed by atoms with Gasteiger partial charge in [-0.05, 0) is 12.1 Å². The minimum absolute atomic E-state index is 0.123. The molecule has 0 radical (unpaired) electrons. The largest absolute Gasteiger partial charge is 0.490 e. The molecule has 0 heterocycles. The minimum atomic E-state index is -0.543. The molecule has 0 aliphatic rings. The second-order valence-electron chi connectivity index (χ2n) is 2.43. The van der Waals surface area contributed by atoms with Crippen molar-refractivity contribution >= 4 is 11.9 Å². The SMILES string of the molecule is COc1cc(C=NO)ccc1[N+](=O)[O-]. The summed E-state index contributed by atoms with van der Waals surface area (Å²) in [6, 6.07) is 4.16. The Hall–Kier alpha value is -2.11. The van der Waals surface area contributed by atoms with E-state index in [4.69, 9.17) is 9.94 Å². The number of rotatable bonds is 3. The first kappa shape index (κ1) is 9.97. The monoisotopic (exact) mass is 196 g/mol. The number of ether oxygens (including phenoxy) is 1. The maximum atomic E-state index is 10.5. The maximum Gasteiger partial charge on any atom is 0.310 e. The molecular weight excluding hydrogens is 188 g/mol. The third kappa shape index (κ3) is 1.98. The molecule has 0 fully saturated rings. The summed E-state index contributed by atoms with van der Waals surface area (Å²) in [7, 11) is 1.34. The molecular formula is C8H8N2O4. The summed E-state index contributed by atoms with van der Waals surface area (Å²) in [6.45, 7) is 0. The van der Waals surface area contributed by atoms with Gasteiger partial charge in [-0.25, -0.2) is 0 Å². The fourth-order valence-electron chi connectivity index (χ4n) is 0.992. The highest BCUT2D eigenvalue weighted by atomic mass is 16.6. The Morgan fingerprint density at radius 1 is 1.64 bits per heavy atom. The first-order chi connectivity index (χ1) is 6.69. The van der Waals surface area contributed by atoms with Crippen molar-refractivity contribution in [3.63, 3.8) is 0 Å². The maximum absolute atomic E-state index is 10.5. The van der Waals surface area contributed by atoms with Crippen molar-refractivity contribution in [1.82, 2.24) is 0 Å². The average Bonchev–Trinajstić information content (AvgIpc) is 2.17. The summed E-state index contributed by atoms with van der Waals surface area (Å²) < 4.78 is 4.81. The molecule has 0 aliphatic carbocycles. The number of nitrogens with zero attached hydrogens (tertiary/aromatic N) is 2. The molecule has 14 heavy (non-hydrogen) atoms. The Balaban J connectivity index is 3.17. The van der Waals surface area contributed by atoms with E-state index in [0.717, 1.165) is 6.21 Å². The molecule has 1 aromatic rings. The Morgan fingerprint density at radius 3 is 2.86 bits per heavy atom. The van der Waals surface area contributed by atoms with Crippen LogP contribution in [0.3, 0.4) is 0 Å². The van der Waals surface area contributed by atoms with Gasteiger partial charge in [0.05, 0.1) is 18.2 Å². The summed E-state index contributed by atoms with van der Waals surface area (Å²) in [5.74, 6) is 0.132. The first-order valence-electron chi connectivity index (χ1n) is 3.69. The number of methoxy groups -OCH3 is 1. The normalized spacial score (nSPS) is 10.4. The van der Waals surface area contributed by atoms with Crippen LogP contribution in [0, 0.1) is 10.1 Å². The Morgan fingerprint density at radius 2 is 2.36 bits per heavy atom. The number of hydrogen-bond acceptors (Lipinski definition) is 5. The fraction of sp³-hybridized carbons (Fsp3) is 0.125. The molecule has 0 atom stereocenters. The molecule has 0 unspecified atom stereocenters. The lowest BCUT2D eigenvalue weighted by Gasteiger charge is -2.01. The van der Waals surface area contributed by atoms with Crippen molar-refractivity contribution in [2.45, 2.75) is 0 Å². The van der Waals surface area contributed by atoms with Gasteiger partial charge in [-0.3, -0.25) is 10.1 Å². The van der Waals surface area contributed by atoms with E-state index in [1.54, 1.807) is 0 Å². The predicted octanol–water partition coefficient (Wildman–Crippen LogP) is 1.41. The molecule has 0 aromatic heterocycles. The number of oxime groups is 1. The van der Waals surface area contributed by atoms with Crippen LogP contribution >= 0.6 is 0 Å². The molecule has 74 valence electrons. The topological polar surface area (TPSA) is 85.0 Å². The molecule has 0 saturated heterocycles. The molecule has 1 rings (SSSR count). The smallest absolute Gasteiger partial charge is 0.310 e. The van der Waals surface area contributed by atoms with Crippen LogP contribution < -0.4 is 4.74 Å². The number of nitro benzene ring substituents is 1. The van der Waals surface area contributed by atoms with E-state index in [0.29, 0.717) is 5.56 Å². The highest BCUT2D eigenvalue weighted by Crippen LogP contribution is 2.26. The summed E-state index contributed by atoms with van der Waals surface area (Å²) in [4.78, 5) is 9.95. The predicted molar refractivity (Wildman–Crippen MR) is 49.0 cm³/mol. The molecule has 0 spiro atoms. The number of benzene rings is 1. The number of nitro groups is 1. The van der Waals surface area contributed by atoms with E-state index in [2.05, 4.69) is 5.16 Å². The van der Waals surface area contributed by atoms with Crippen LogP contribution in [0.4, 0.5) is 5.69 Å². The zero-order valence-electron chi connectivity index (χ0n) is 7.38. The quantitative estimate of drug-likeness (QED) is 0.343. The van der Waals surface area contributed by atoms with Gasteiger partial charge in [0.1, 0.15) is 0 Å². The van der Waals surface area contributed by atoms with Gasteiger partial charge >= 0.3 is 5.69 Å². The van der Waals surface area contributed by atoms with Gasteiger partial charge in [0.25, 0.3) is 0 Å². The van der Waals surface area contributed by atoms with Crippen LogP contribution in [0.2, 0.25) is 0 Å². The van der Waals surface area contributed by atoms with Crippen LogP contribution in [0.15, 0.2) is 23.4 Å². The van der Waals surface area contributed by atoms with Crippen LogP contribution in [0.1, 0.15) is 5.56 Å². The van der Waals surface area contributed by atoms with Gasteiger partial charge < -0.3 is 9.94 Å². The highest BCUT2D eigenvalue weighted by molar-refractivity contribution is 5.80. The summed E-state index contributed by atoms with van der Waals surface area (Å²) >= 11 is 0. The Bertz CT molecular complexity index is 376. The number of hydrogen-bond donors (Lipinski definition) is 1. The van der Waals surface area contributed by atoms with Crippen molar-refractivity contribution in [2.24, 2.45) is 5.16 Å².